The number of amidine groups is 1. The number of rotatable bonds is 2. The maximum atomic E-state index is 11.8. The van der Waals surface area contributed by atoms with Crippen LogP contribution in [0, 0.1) is 11.8 Å². The summed E-state index contributed by atoms with van der Waals surface area (Å²) < 4.78 is 5.32. The number of carbonyl (C=O) groups is 1. The first-order valence-corrected chi connectivity index (χ1v) is 8.97. The molecule has 0 aromatic carbocycles. The number of carbonyl (C=O) groups excluding carboxylic acids is 1. The highest BCUT2D eigenvalue weighted by atomic mass is 32.2. The van der Waals surface area contributed by atoms with Crippen molar-refractivity contribution in [3.8, 4) is 0 Å². The molecule has 6 heteroatoms. The number of aliphatic imine (C=N–C) groups is 1. The Kier molecular flexibility index (Phi) is 3.61. The van der Waals surface area contributed by atoms with Gasteiger partial charge in [-0.05, 0) is 25.2 Å². The summed E-state index contributed by atoms with van der Waals surface area (Å²) in [5.41, 5.74) is 0. The zero-order valence-corrected chi connectivity index (χ0v) is 12.8. The molecule has 5 atom stereocenters. The van der Waals surface area contributed by atoms with E-state index in [0.717, 1.165) is 17.6 Å². The molecule has 0 aromatic rings. The Hall–Kier alpha value is -0.750. The minimum absolute atomic E-state index is 0.0599. The summed E-state index contributed by atoms with van der Waals surface area (Å²) in [6.07, 6.45) is 6.23. The van der Waals surface area contributed by atoms with Crippen molar-refractivity contribution in [3.63, 3.8) is 0 Å². The number of aliphatic hydroxyl groups excluding tert-OH is 1. The molecule has 116 valence electrons. The highest BCUT2D eigenvalue weighted by molar-refractivity contribution is 8.14. The first-order valence-electron chi connectivity index (χ1n) is 8.09. The number of thioether (sulfide) groups is 1. The van der Waals surface area contributed by atoms with Crippen molar-refractivity contribution >= 4 is 22.9 Å². The van der Waals surface area contributed by atoms with Gasteiger partial charge in [0.05, 0.1) is 17.3 Å². The molecule has 21 heavy (non-hydrogen) atoms. The van der Waals surface area contributed by atoms with Crippen molar-refractivity contribution in [2.75, 3.05) is 6.54 Å². The van der Waals surface area contributed by atoms with Crippen LogP contribution in [0.15, 0.2) is 4.99 Å². The van der Waals surface area contributed by atoms with Crippen molar-refractivity contribution < 1.29 is 14.6 Å². The fraction of sp³-hybridized carbons (Fsp3) is 0.867. The van der Waals surface area contributed by atoms with E-state index in [2.05, 4.69) is 5.32 Å². The zero-order valence-electron chi connectivity index (χ0n) is 12.0. The number of ether oxygens (including phenoxy) is 1. The summed E-state index contributed by atoms with van der Waals surface area (Å²) in [5.74, 6) is 0.408. The second kappa shape index (κ2) is 5.47. The third kappa shape index (κ3) is 2.46. The Morgan fingerprint density at radius 1 is 1.33 bits per heavy atom. The Morgan fingerprint density at radius 3 is 2.95 bits per heavy atom. The van der Waals surface area contributed by atoms with Crippen molar-refractivity contribution in [2.45, 2.75) is 62.0 Å². The van der Waals surface area contributed by atoms with Gasteiger partial charge in [0.15, 0.2) is 11.3 Å². The van der Waals surface area contributed by atoms with Crippen molar-refractivity contribution in [1.29, 1.82) is 0 Å². The predicted octanol–water partition coefficient (Wildman–Crippen LogP) is 1.30. The van der Waals surface area contributed by atoms with Crippen molar-refractivity contribution in [3.05, 3.63) is 0 Å². The van der Waals surface area contributed by atoms with Gasteiger partial charge in [0.2, 0.25) is 0 Å². The molecule has 5 aliphatic rings. The van der Waals surface area contributed by atoms with Crippen LogP contribution in [-0.4, -0.2) is 46.3 Å². The Morgan fingerprint density at radius 2 is 2.14 bits per heavy atom. The van der Waals surface area contributed by atoms with E-state index in [1.54, 1.807) is 11.8 Å². The molecule has 2 aliphatic carbocycles. The number of aliphatic hydroxyl groups is 1. The van der Waals surface area contributed by atoms with E-state index >= 15 is 0 Å². The molecule has 0 unspecified atom stereocenters. The summed E-state index contributed by atoms with van der Waals surface area (Å²) in [6.45, 7) is 0.984. The van der Waals surface area contributed by atoms with Gasteiger partial charge in [-0.3, -0.25) is 9.79 Å². The Labute approximate surface area is 128 Å². The molecule has 0 radical (unpaired) electrons. The molecule has 2 N–H and O–H groups in total. The highest BCUT2D eigenvalue weighted by Crippen LogP contribution is 2.46. The molecule has 3 aliphatic heterocycles. The normalized spacial score (nSPS) is 42.4. The van der Waals surface area contributed by atoms with Gasteiger partial charge in [0.1, 0.15) is 6.04 Å². The largest absolute Gasteiger partial charge is 0.457 e. The average molecular weight is 310 g/mol. The molecule has 2 saturated heterocycles. The van der Waals surface area contributed by atoms with Crippen LogP contribution in [-0.2, 0) is 9.53 Å². The van der Waals surface area contributed by atoms with Crippen LogP contribution in [0.25, 0.3) is 0 Å². The predicted molar refractivity (Wildman–Crippen MR) is 81.2 cm³/mol. The monoisotopic (exact) mass is 310 g/mol. The average Bonchev–Trinajstić information content (AvgIpc) is 2.93. The van der Waals surface area contributed by atoms with Crippen LogP contribution in [0.4, 0.5) is 0 Å². The highest BCUT2D eigenvalue weighted by Gasteiger charge is 2.57. The minimum atomic E-state index is -0.545. The number of fused-ring (bicyclic) bond motifs is 2. The van der Waals surface area contributed by atoms with Gasteiger partial charge in [-0.15, -0.1) is 0 Å². The second-order valence-corrected chi connectivity index (χ2v) is 7.87. The molecule has 2 saturated carbocycles. The van der Waals surface area contributed by atoms with Crippen molar-refractivity contribution in [2.24, 2.45) is 16.8 Å². The number of hydrogen-bond donors (Lipinski definition) is 2. The van der Waals surface area contributed by atoms with Crippen LogP contribution >= 0.6 is 11.8 Å². The Bertz CT molecular complexity index is 464. The van der Waals surface area contributed by atoms with Gasteiger partial charge in [0, 0.05) is 6.54 Å². The lowest BCUT2D eigenvalue weighted by Gasteiger charge is -2.44. The lowest BCUT2D eigenvalue weighted by Crippen LogP contribution is -2.59. The number of esters is 1. The second-order valence-electron chi connectivity index (χ2n) is 6.70. The van der Waals surface area contributed by atoms with Gasteiger partial charge in [0.25, 0.3) is 0 Å². The lowest BCUT2D eigenvalue weighted by molar-refractivity contribution is -0.184. The molecular weight excluding hydrogens is 288 g/mol. The number of nitrogens with zero attached hydrogens (tertiary/aromatic N) is 1. The van der Waals surface area contributed by atoms with E-state index in [1.165, 1.54) is 32.1 Å². The van der Waals surface area contributed by atoms with Gasteiger partial charge in [-0.1, -0.05) is 31.0 Å². The molecule has 5 rings (SSSR count). The standard InChI is InChI=1S/C15H22N2O3S/c18-10-6-9-13-11(12(10)20-14(9)19)17-15(21-13)16-7-8-4-2-1-3-5-8/h8-13,18H,1-7H2,(H,16,17)/t9-,10-,11+,12+,13+/m1/s1. The third-order valence-corrected chi connectivity index (χ3v) is 6.63. The first-order chi connectivity index (χ1) is 10.2. The molecule has 0 amide bonds. The zero-order chi connectivity index (χ0) is 14.4. The van der Waals surface area contributed by atoms with E-state index in [4.69, 9.17) is 9.73 Å². The Balaban J connectivity index is 1.39. The maximum Gasteiger partial charge on any atom is 0.310 e. The van der Waals surface area contributed by atoms with Gasteiger partial charge in [-0.25, -0.2) is 0 Å². The molecule has 3 heterocycles. The van der Waals surface area contributed by atoms with E-state index in [1.807, 2.05) is 0 Å². The van der Waals surface area contributed by atoms with Gasteiger partial charge >= 0.3 is 5.97 Å². The third-order valence-electron chi connectivity index (χ3n) is 5.28. The summed E-state index contributed by atoms with van der Waals surface area (Å²) in [7, 11) is 0. The fourth-order valence-corrected chi connectivity index (χ4v) is 5.43. The summed E-state index contributed by atoms with van der Waals surface area (Å²) in [4.78, 5) is 16.5. The van der Waals surface area contributed by atoms with Crippen LogP contribution < -0.4 is 5.32 Å². The van der Waals surface area contributed by atoms with Crippen molar-refractivity contribution in [1.82, 2.24) is 5.32 Å². The number of nitrogens with one attached hydrogen (secondary N) is 1. The first kappa shape index (κ1) is 13.9. The lowest BCUT2D eigenvalue weighted by atomic mass is 9.78. The number of hydrogen-bond acceptors (Lipinski definition) is 6. The van der Waals surface area contributed by atoms with Crippen LogP contribution in [0.2, 0.25) is 0 Å². The quantitative estimate of drug-likeness (QED) is 0.752. The smallest absolute Gasteiger partial charge is 0.310 e. The van der Waals surface area contributed by atoms with E-state index in [9.17, 15) is 9.90 Å². The molecule has 0 spiro atoms. The minimum Gasteiger partial charge on any atom is -0.457 e. The molecular formula is C15H22N2O3S. The molecule has 5 nitrogen and oxygen atoms in total. The SMILES string of the molecule is O=C1O[C@@H]2[C@@H]3N=C(NCC4CCCCC4)S[C@H]3[C@H]1C[C@H]2O. The van der Waals surface area contributed by atoms with E-state index in [-0.39, 0.29) is 23.2 Å². The van der Waals surface area contributed by atoms with E-state index < -0.39 is 12.2 Å². The maximum absolute atomic E-state index is 11.8. The van der Waals surface area contributed by atoms with E-state index in [0.29, 0.717) is 6.42 Å². The van der Waals surface area contributed by atoms with Crippen LogP contribution in [0.1, 0.15) is 38.5 Å². The van der Waals surface area contributed by atoms with Gasteiger partial charge in [-0.2, -0.15) is 0 Å². The van der Waals surface area contributed by atoms with Crippen LogP contribution in [0.5, 0.6) is 0 Å². The molecule has 4 fully saturated rings. The van der Waals surface area contributed by atoms with Crippen LogP contribution in [0.3, 0.4) is 0 Å². The molecule has 2 bridgehead atoms. The van der Waals surface area contributed by atoms with Gasteiger partial charge < -0.3 is 15.2 Å². The fourth-order valence-electron chi connectivity index (χ4n) is 4.08. The summed E-state index contributed by atoms with van der Waals surface area (Å²) in [6, 6.07) is -0.0599. The topological polar surface area (TPSA) is 70.9 Å². The summed E-state index contributed by atoms with van der Waals surface area (Å²) >= 11 is 1.68. The molecule has 0 aromatic heterocycles. The summed E-state index contributed by atoms with van der Waals surface area (Å²) in [5, 5.41) is 14.6.